The highest BCUT2D eigenvalue weighted by molar-refractivity contribution is 6.12. The van der Waals surface area contributed by atoms with Crippen LogP contribution < -0.4 is 10.2 Å². The molecule has 0 spiro atoms. The van der Waals surface area contributed by atoms with Crippen LogP contribution in [0.3, 0.4) is 0 Å². The van der Waals surface area contributed by atoms with E-state index in [0.717, 1.165) is 11.1 Å². The maximum atomic E-state index is 13.9. The molecule has 0 saturated heterocycles. The van der Waals surface area contributed by atoms with Crippen molar-refractivity contribution in [1.29, 1.82) is 0 Å². The van der Waals surface area contributed by atoms with Crippen molar-refractivity contribution in [3.05, 3.63) is 95.4 Å². The Balaban J connectivity index is 1.54. The van der Waals surface area contributed by atoms with Crippen LogP contribution in [0.5, 0.6) is 0 Å². The van der Waals surface area contributed by atoms with E-state index in [4.69, 9.17) is 4.42 Å². The van der Waals surface area contributed by atoms with Crippen molar-refractivity contribution in [1.82, 2.24) is 15.1 Å². The van der Waals surface area contributed by atoms with Gasteiger partial charge in [-0.2, -0.15) is 5.10 Å². The average Bonchev–Trinajstić information content (AvgIpc) is 3.54. The number of rotatable bonds is 6. The zero-order valence-corrected chi connectivity index (χ0v) is 21.0. The monoisotopic (exact) mass is 482 g/mol. The highest BCUT2D eigenvalue weighted by Gasteiger charge is 2.49. The van der Waals surface area contributed by atoms with E-state index in [1.807, 2.05) is 55.5 Å². The number of furan rings is 1. The van der Waals surface area contributed by atoms with Gasteiger partial charge in [-0.15, -0.1) is 0 Å². The zero-order chi connectivity index (χ0) is 25.4. The van der Waals surface area contributed by atoms with Gasteiger partial charge < -0.3 is 9.73 Å². The second kappa shape index (κ2) is 9.15. The van der Waals surface area contributed by atoms with Crippen LogP contribution in [0.1, 0.15) is 53.9 Å². The summed E-state index contributed by atoms with van der Waals surface area (Å²) < 4.78 is 7.12. The van der Waals surface area contributed by atoms with Gasteiger partial charge in [0, 0.05) is 18.3 Å². The van der Waals surface area contributed by atoms with Crippen LogP contribution >= 0.6 is 0 Å². The van der Waals surface area contributed by atoms with Gasteiger partial charge in [-0.3, -0.25) is 19.2 Å². The summed E-state index contributed by atoms with van der Waals surface area (Å²) in [6, 6.07) is 21.1. The summed E-state index contributed by atoms with van der Waals surface area (Å²) in [5.74, 6) is 0.408. The zero-order valence-electron chi connectivity index (χ0n) is 21.0. The van der Waals surface area contributed by atoms with Crippen LogP contribution in [-0.4, -0.2) is 27.1 Å². The lowest BCUT2D eigenvalue weighted by Gasteiger charge is -2.43. The summed E-state index contributed by atoms with van der Waals surface area (Å²) in [6.45, 7) is 8.64. The van der Waals surface area contributed by atoms with E-state index >= 15 is 0 Å². The molecule has 0 unspecified atom stereocenters. The molecule has 1 atom stereocenters. The van der Waals surface area contributed by atoms with Gasteiger partial charge in [0.2, 0.25) is 5.91 Å². The van der Waals surface area contributed by atoms with Crippen molar-refractivity contribution in [2.24, 2.45) is 0 Å². The quantitative estimate of drug-likeness (QED) is 0.404. The fraction of sp³-hybridized carbons (Fsp3) is 0.276. The molecule has 0 aliphatic carbocycles. The molecule has 3 heterocycles. The molecule has 0 fully saturated rings. The molecule has 36 heavy (non-hydrogen) atoms. The maximum absolute atomic E-state index is 13.9. The first-order valence-corrected chi connectivity index (χ1v) is 12.2. The number of anilines is 1. The third-order valence-corrected chi connectivity index (χ3v) is 6.93. The smallest absolute Gasteiger partial charge is 0.277 e. The molecule has 2 aromatic carbocycles. The van der Waals surface area contributed by atoms with Crippen molar-refractivity contribution < 1.29 is 14.0 Å². The number of carbonyl (C=O) groups is 2. The maximum Gasteiger partial charge on any atom is 0.277 e. The van der Waals surface area contributed by atoms with E-state index in [1.54, 1.807) is 41.0 Å². The summed E-state index contributed by atoms with van der Waals surface area (Å²) in [7, 11) is 0. The van der Waals surface area contributed by atoms with Crippen molar-refractivity contribution in [2.45, 2.75) is 52.2 Å². The fourth-order valence-electron chi connectivity index (χ4n) is 4.71. The minimum Gasteiger partial charge on any atom is -0.463 e. The van der Waals surface area contributed by atoms with Gasteiger partial charge in [-0.05, 0) is 60.7 Å². The molecule has 4 aromatic rings. The van der Waals surface area contributed by atoms with Gasteiger partial charge in [0.1, 0.15) is 16.9 Å². The van der Waals surface area contributed by atoms with Crippen LogP contribution in [0.4, 0.5) is 5.69 Å². The number of aryl methyl sites for hydroxylation is 1. The molecule has 0 radical (unpaired) electrons. The number of fused-ring (bicyclic) bond motifs is 1. The van der Waals surface area contributed by atoms with Crippen LogP contribution in [0.25, 0.3) is 11.5 Å². The second-order valence-corrected chi connectivity index (χ2v) is 9.82. The molecular weight excluding hydrogens is 452 g/mol. The standard InChI is InChI=1S/C29H30N4O3/c1-19(2)21-11-13-23(14-12-21)33-27(34)25-16-24(26-10-7-15-36-26)31-32(25)18-29(33,4)28(35)30-17-22-9-6-5-8-20(22)3/h5-16,19H,17-18H2,1-4H3,(H,30,35)/t29-/m1/s1. The molecule has 2 amide bonds. The van der Waals surface area contributed by atoms with Gasteiger partial charge in [-0.25, -0.2) is 0 Å². The Morgan fingerprint density at radius 2 is 1.86 bits per heavy atom. The summed E-state index contributed by atoms with van der Waals surface area (Å²) in [5, 5.41) is 7.69. The van der Waals surface area contributed by atoms with Gasteiger partial charge in [0.05, 0.1) is 12.8 Å². The molecule has 1 N–H and O–H groups in total. The Labute approximate surface area is 210 Å². The van der Waals surface area contributed by atoms with Crippen LogP contribution in [0, 0.1) is 6.92 Å². The minimum atomic E-state index is -1.20. The third kappa shape index (κ3) is 4.11. The normalized spacial score (nSPS) is 17.4. The lowest BCUT2D eigenvalue weighted by atomic mass is 9.93. The molecule has 1 aliphatic rings. The number of amides is 2. The van der Waals surface area contributed by atoms with Crippen LogP contribution in [0.15, 0.2) is 77.4 Å². The lowest BCUT2D eigenvalue weighted by molar-refractivity contribution is -0.126. The first-order valence-electron chi connectivity index (χ1n) is 12.2. The summed E-state index contributed by atoms with van der Waals surface area (Å²) in [4.78, 5) is 29.3. The average molecular weight is 483 g/mol. The Bertz CT molecular complexity index is 1400. The predicted octanol–water partition coefficient (Wildman–Crippen LogP) is 5.31. The number of nitrogens with one attached hydrogen (secondary N) is 1. The number of nitrogens with zero attached hydrogens (tertiary/aromatic N) is 3. The molecule has 0 bridgehead atoms. The number of aromatic nitrogens is 2. The summed E-state index contributed by atoms with van der Waals surface area (Å²) >= 11 is 0. The van der Waals surface area contributed by atoms with Gasteiger partial charge in [-0.1, -0.05) is 50.2 Å². The minimum absolute atomic E-state index is 0.209. The Morgan fingerprint density at radius 1 is 1.11 bits per heavy atom. The van der Waals surface area contributed by atoms with E-state index in [2.05, 4.69) is 24.3 Å². The Morgan fingerprint density at radius 3 is 2.53 bits per heavy atom. The predicted molar refractivity (Wildman–Crippen MR) is 139 cm³/mol. The van der Waals surface area contributed by atoms with E-state index in [0.29, 0.717) is 35.3 Å². The highest BCUT2D eigenvalue weighted by Crippen LogP contribution is 2.35. The Kier molecular flexibility index (Phi) is 6.00. The number of carbonyl (C=O) groups excluding carboxylic acids is 2. The van der Waals surface area contributed by atoms with Gasteiger partial charge in [0.25, 0.3) is 5.91 Å². The van der Waals surface area contributed by atoms with Crippen molar-refractivity contribution in [3.8, 4) is 11.5 Å². The molecule has 0 saturated carbocycles. The van der Waals surface area contributed by atoms with E-state index in [-0.39, 0.29) is 18.4 Å². The van der Waals surface area contributed by atoms with Crippen molar-refractivity contribution in [3.63, 3.8) is 0 Å². The van der Waals surface area contributed by atoms with Crippen LogP contribution in [-0.2, 0) is 17.9 Å². The second-order valence-electron chi connectivity index (χ2n) is 9.82. The van der Waals surface area contributed by atoms with E-state index < -0.39 is 5.54 Å². The van der Waals surface area contributed by atoms with Gasteiger partial charge >= 0.3 is 0 Å². The molecule has 1 aliphatic heterocycles. The Hall–Kier alpha value is -4.13. The topological polar surface area (TPSA) is 80.4 Å². The largest absolute Gasteiger partial charge is 0.463 e. The van der Waals surface area contributed by atoms with E-state index in [1.165, 1.54) is 5.56 Å². The highest BCUT2D eigenvalue weighted by atomic mass is 16.3. The first kappa shape index (κ1) is 23.6. The summed E-state index contributed by atoms with van der Waals surface area (Å²) in [5.41, 5.74) is 3.74. The number of hydrogen-bond acceptors (Lipinski definition) is 4. The summed E-state index contributed by atoms with van der Waals surface area (Å²) in [6.07, 6.45) is 1.57. The van der Waals surface area contributed by atoms with Crippen molar-refractivity contribution in [2.75, 3.05) is 4.90 Å². The fourth-order valence-corrected chi connectivity index (χ4v) is 4.71. The molecule has 184 valence electrons. The molecular formula is C29H30N4O3. The SMILES string of the molecule is Cc1ccccc1CNC(=O)[C@@]1(C)Cn2nc(-c3ccco3)cc2C(=O)N1c1ccc(C(C)C)cc1. The number of benzene rings is 2. The lowest BCUT2D eigenvalue weighted by Crippen LogP contribution is -2.64. The van der Waals surface area contributed by atoms with E-state index in [9.17, 15) is 9.59 Å². The third-order valence-electron chi connectivity index (χ3n) is 6.93. The molecule has 2 aromatic heterocycles. The number of hydrogen-bond donors (Lipinski definition) is 1. The molecule has 7 heteroatoms. The van der Waals surface area contributed by atoms with Gasteiger partial charge in [0.15, 0.2) is 5.76 Å². The van der Waals surface area contributed by atoms with Crippen molar-refractivity contribution >= 4 is 17.5 Å². The molecule has 5 rings (SSSR count). The first-order chi connectivity index (χ1) is 17.3. The molecule has 7 nitrogen and oxygen atoms in total. The van der Waals surface area contributed by atoms with Crippen LogP contribution in [0.2, 0.25) is 0 Å².